The maximum Gasteiger partial charge on any atom is 0.244 e. The fraction of sp³-hybridized carbons (Fsp3) is 0.263. The van der Waals surface area contributed by atoms with Gasteiger partial charge >= 0.3 is 0 Å². The number of nitrogens with one attached hydrogen (secondary N) is 1. The minimum absolute atomic E-state index is 0.0543. The Morgan fingerprint density at radius 3 is 2.68 bits per heavy atom. The molecule has 0 saturated heterocycles. The minimum Gasteiger partial charge on any atom is -0.345 e. The summed E-state index contributed by atoms with van der Waals surface area (Å²) in [6.45, 7) is 2.07. The molecule has 1 saturated carbocycles. The van der Waals surface area contributed by atoms with Gasteiger partial charge in [0.2, 0.25) is 5.91 Å². The number of amides is 1. The molecule has 2 aromatic rings. The molecule has 0 radical (unpaired) electrons. The van der Waals surface area contributed by atoms with E-state index in [1.54, 1.807) is 24.5 Å². The average Bonchev–Trinajstić information content (AvgIpc) is 3.37. The van der Waals surface area contributed by atoms with Crippen LogP contribution in [0.25, 0.3) is 6.08 Å². The van der Waals surface area contributed by atoms with Crippen molar-refractivity contribution in [3.05, 3.63) is 71.6 Å². The topological polar surface area (TPSA) is 42.0 Å². The zero-order valence-electron chi connectivity index (χ0n) is 12.7. The molecular formula is C19H20N2O. The Balaban J connectivity index is 1.67. The third kappa shape index (κ3) is 3.82. The number of hydrogen-bond acceptors (Lipinski definition) is 2. The summed E-state index contributed by atoms with van der Waals surface area (Å²) < 4.78 is 0. The Labute approximate surface area is 131 Å². The number of pyridine rings is 1. The second kappa shape index (κ2) is 6.56. The Morgan fingerprint density at radius 1 is 1.27 bits per heavy atom. The summed E-state index contributed by atoms with van der Waals surface area (Å²) in [7, 11) is 0. The molecule has 1 unspecified atom stereocenters. The molecular weight excluding hydrogens is 272 g/mol. The van der Waals surface area contributed by atoms with Crippen LogP contribution in [0, 0.1) is 12.8 Å². The van der Waals surface area contributed by atoms with E-state index in [2.05, 4.69) is 41.5 Å². The number of carbonyl (C=O) groups excluding carboxylic acids is 1. The van der Waals surface area contributed by atoms with Crippen molar-refractivity contribution in [1.29, 1.82) is 0 Å². The van der Waals surface area contributed by atoms with E-state index in [1.807, 2.05) is 12.1 Å². The van der Waals surface area contributed by atoms with E-state index in [0.717, 1.165) is 5.56 Å². The highest BCUT2D eigenvalue weighted by molar-refractivity contribution is 5.92. The molecule has 3 heteroatoms. The number of aromatic nitrogens is 1. The number of hydrogen-bond donors (Lipinski definition) is 1. The van der Waals surface area contributed by atoms with E-state index in [1.165, 1.54) is 24.0 Å². The van der Waals surface area contributed by atoms with Crippen LogP contribution in [0.4, 0.5) is 0 Å². The number of aryl methyl sites for hydroxylation is 1. The van der Waals surface area contributed by atoms with Crippen molar-refractivity contribution in [3.8, 4) is 0 Å². The van der Waals surface area contributed by atoms with Crippen molar-refractivity contribution in [2.75, 3.05) is 0 Å². The summed E-state index contributed by atoms with van der Waals surface area (Å²) in [6, 6.07) is 12.3. The third-order valence-corrected chi connectivity index (χ3v) is 3.94. The van der Waals surface area contributed by atoms with Crippen LogP contribution in [0.1, 0.15) is 35.6 Å². The number of carbonyl (C=O) groups is 1. The predicted octanol–water partition coefficient (Wildman–Crippen LogP) is 3.67. The lowest BCUT2D eigenvalue weighted by molar-refractivity contribution is -0.117. The van der Waals surface area contributed by atoms with Gasteiger partial charge in [0.1, 0.15) is 0 Å². The fourth-order valence-corrected chi connectivity index (χ4v) is 2.52. The quantitative estimate of drug-likeness (QED) is 0.854. The summed E-state index contributed by atoms with van der Waals surface area (Å²) in [4.78, 5) is 16.2. The highest BCUT2D eigenvalue weighted by Crippen LogP contribution is 2.41. The Hall–Kier alpha value is -2.42. The molecule has 1 N–H and O–H groups in total. The zero-order chi connectivity index (χ0) is 15.4. The number of benzene rings is 1. The average molecular weight is 292 g/mol. The molecule has 1 atom stereocenters. The van der Waals surface area contributed by atoms with Gasteiger partial charge in [0.25, 0.3) is 0 Å². The van der Waals surface area contributed by atoms with E-state index in [-0.39, 0.29) is 11.9 Å². The molecule has 1 heterocycles. The highest BCUT2D eigenvalue weighted by atomic mass is 16.1. The van der Waals surface area contributed by atoms with Crippen molar-refractivity contribution in [2.45, 2.75) is 25.8 Å². The second-order valence-corrected chi connectivity index (χ2v) is 5.85. The van der Waals surface area contributed by atoms with Gasteiger partial charge in [-0.25, -0.2) is 0 Å². The number of rotatable bonds is 5. The highest BCUT2D eigenvalue weighted by Gasteiger charge is 2.32. The van der Waals surface area contributed by atoms with E-state index in [4.69, 9.17) is 0 Å². The van der Waals surface area contributed by atoms with Gasteiger partial charge in [-0.3, -0.25) is 9.78 Å². The Bertz CT molecular complexity index is 658. The first-order valence-electron chi connectivity index (χ1n) is 7.67. The molecule has 1 aromatic carbocycles. The van der Waals surface area contributed by atoms with Crippen LogP contribution >= 0.6 is 0 Å². The van der Waals surface area contributed by atoms with E-state index in [0.29, 0.717) is 5.92 Å². The van der Waals surface area contributed by atoms with Gasteiger partial charge in [-0.15, -0.1) is 0 Å². The van der Waals surface area contributed by atoms with E-state index >= 15 is 0 Å². The van der Waals surface area contributed by atoms with Crippen molar-refractivity contribution in [1.82, 2.24) is 10.3 Å². The van der Waals surface area contributed by atoms with Crippen LogP contribution < -0.4 is 5.32 Å². The van der Waals surface area contributed by atoms with Crippen LogP contribution in [0.3, 0.4) is 0 Å². The predicted molar refractivity (Wildman–Crippen MR) is 88.1 cm³/mol. The van der Waals surface area contributed by atoms with Crippen LogP contribution in [0.15, 0.2) is 54.9 Å². The largest absolute Gasteiger partial charge is 0.345 e. The second-order valence-electron chi connectivity index (χ2n) is 5.85. The van der Waals surface area contributed by atoms with Gasteiger partial charge in [-0.2, -0.15) is 0 Å². The van der Waals surface area contributed by atoms with Crippen molar-refractivity contribution in [2.24, 2.45) is 5.92 Å². The smallest absolute Gasteiger partial charge is 0.244 e. The van der Waals surface area contributed by atoms with Gasteiger partial charge in [-0.1, -0.05) is 35.9 Å². The molecule has 1 aliphatic rings. The Kier molecular flexibility index (Phi) is 4.33. The first-order valence-corrected chi connectivity index (χ1v) is 7.67. The molecule has 0 aliphatic heterocycles. The molecule has 0 bridgehead atoms. The van der Waals surface area contributed by atoms with Crippen molar-refractivity contribution >= 4 is 12.0 Å². The van der Waals surface area contributed by atoms with Crippen LogP contribution in [0.2, 0.25) is 0 Å². The lowest BCUT2D eigenvalue weighted by atomic mass is 10.0. The zero-order valence-corrected chi connectivity index (χ0v) is 12.7. The molecule has 3 nitrogen and oxygen atoms in total. The van der Waals surface area contributed by atoms with E-state index in [9.17, 15) is 4.79 Å². The van der Waals surface area contributed by atoms with Gasteiger partial charge in [0.05, 0.1) is 6.04 Å². The van der Waals surface area contributed by atoms with Crippen LogP contribution in [-0.2, 0) is 4.79 Å². The molecule has 0 spiro atoms. The molecule has 112 valence electrons. The van der Waals surface area contributed by atoms with Gasteiger partial charge in [0.15, 0.2) is 0 Å². The SMILES string of the molecule is Cc1ccc(C(NC(=O)/C=C/c2cccnc2)C2CC2)cc1. The summed E-state index contributed by atoms with van der Waals surface area (Å²) in [5.41, 5.74) is 3.35. The maximum absolute atomic E-state index is 12.2. The van der Waals surface area contributed by atoms with E-state index < -0.39 is 0 Å². The van der Waals surface area contributed by atoms with Gasteiger partial charge in [-0.05, 0) is 49.0 Å². The van der Waals surface area contributed by atoms with Gasteiger partial charge in [0, 0.05) is 18.5 Å². The normalized spacial score (nSPS) is 15.7. The Morgan fingerprint density at radius 2 is 2.05 bits per heavy atom. The van der Waals surface area contributed by atoms with Crippen molar-refractivity contribution < 1.29 is 4.79 Å². The maximum atomic E-state index is 12.2. The standard InChI is InChI=1S/C19H20N2O/c1-14-4-7-16(8-5-14)19(17-9-10-17)21-18(22)11-6-15-3-2-12-20-13-15/h2-8,11-13,17,19H,9-10H2,1H3,(H,21,22)/b11-6+. The fourth-order valence-electron chi connectivity index (χ4n) is 2.52. The first kappa shape index (κ1) is 14.5. The third-order valence-electron chi connectivity index (χ3n) is 3.94. The monoisotopic (exact) mass is 292 g/mol. The lowest BCUT2D eigenvalue weighted by Gasteiger charge is -2.18. The number of nitrogens with zero attached hydrogens (tertiary/aromatic N) is 1. The van der Waals surface area contributed by atoms with Crippen LogP contribution in [-0.4, -0.2) is 10.9 Å². The lowest BCUT2D eigenvalue weighted by Crippen LogP contribution is -2.28. The van der Waals surface area contributed by atoms with Crippen molar-refractivity contribution in [3.63, 3.8) is 0 Å². The molecule has 22 heavy (non-hydrogen) atoms. The summed E-state index contributed by atoms with van der Waals surface area (Å²) in [5.74, 6) is 0.514. The molecule has 3 rings (SSSR count). The van der Waals surface area contributed by atoms with Gasteiger partial charge < -0.3 is 5.32 Å². The summed E-state index contributed by atoms with van der Waals surface area (Å²) >= 11 is 0. The van der Waals surface area contributed by atoms with Crippen LogP contribution in [0.5, 0.6) is 0 Å². The minimum atomic E-state index is -0.0543. The molecule has 1 aliphatic carbocycles. The summed E-state index contributed by atoms with van der Waals surface area (Å²) in [5, 5.41) is 3.14. The molecule has 1 fully saturated rings. The first-order chi connectivity index (χ1) is 10.7. The summed E-state index contributed by atoms with van der Waals surface area (Å²) in [6.07, 6.45) is 9.21. The molecule has 1 amide bonds. The molecule has 1 aromatic heterocycles.